The van der Waals surface area contributed by atoms with Gasteiger partial charge in [-0.25, -0.2) is 14.4 Å². The molecule has 4 aromatic rings. The summed E-state index contributed by atoms with van der Waals surface area (Å²) in [6, 6.07) is 10.3. The monoisotopic (exact) mass is 474 g/mol. The first kappa shape index (κ1) is 21.5. The van der Waals surface area contributed by atoms with Gasteiger partial charge in [0, 0.05) is 37.5 Å². The van der Waals surface area contributed by atoms with Crippen molar-refractivity contribution in [1.82, 2.24) is 19.7 Å². The van der Waals surface area contributed by atoms with Crippen LogP contribution < -0.4 is 15.5 Å². The van der Waals surface area contributed by atoms with Gasteiger partial charge < -0.3 is 25.4 Å². The number of carbonyl (C=O) groups excluding carboxylic acids is 1. The average Bonchev–Trinajstić information content (AvgIpc) is 3.38. The quantitative estimate of drug-likeness (QED) is 0.418. The Balaban J connectivity index is 1.30. The number of rotatable bonds is 4. The van der Waals surface area contributed by atoms with E-state index in [0.717, 1.165) is 22.5 Å². The van der Waals surface area contributed by atoms with Crippen LogP contribution in [0.4, 0.5) is 21.6 Å². The summed E-state index contributed by atoms with van der Waals surface area (Å²) in [5.74, 6) is 0.0785. The lowest BCUT2D eigenvalue weighted by atomic mass is 9.99. The number of hydrogen-bond donors (Lipinski definition) is 3. The lowest BCUT2D eigenvalue weighted by Crippen LogP contribution is -2.32. The van der Waals surface area contributed by atoms with Crippen molar-refractivity contribution >= 4 is 28.7 Å². The molecule has 9 nitrogen and oxygen atoms in total. The van der Waals surface area contributed by atoms with Crippen LogP contribution in [0.5, 0.6) is 0 Å². The van der Waals surface area contributed by atoms with Gasteiger partial charge in [-0.15, -0.1) is 0 Å². The van der Waals surface area contributed by atoms with Gasteiger partial charge in [-0.2, -0.15) is 0 Å². The van der Waals surface area contributed by atoms with E-state index in [1.807, 2.05) is 29.2 Å². The van der Waals surface area contributed by atoms with E-state index in [9.17, 15) is 14.3 Å². The number of aliphatic hydroxyl groups is 1. The predicted octanol–water partition coefficient (Wildman–Crippen LogP) is 2.72. The highest BCUT2D eigenvalue weighted by atomic mass is 19.1. The van der Waals surface area contributed by atoms with E-state index in [1.54, 1.807) is 23.0 Å². The summed E-state index contributed by atoms with van der Waals surface area (Å²) in [5, 5.41) is 16.2. The van der Waals surface area contributed by atoms with E-state index in [-0.39, 0.29) is 11.7 Å². The number of halogens is 1. The molecule has 1 saturated heterocycles. The van der Waals surface area contributed by atoms with E-state index in [1.165, 1.54) is 12.1 Å². The van der Waals surface area contributed by atoms with Crippen molar-refractivity contribution in [3.63, 3.8) is 0 Å². The molecule has 178 valence electrons. The molecule has 10 heteroatoms. The summed E-state index contributed by atoms with van der Waals surface area (Å²) in [4.78, 5) is 23.6. The number of ether oxygens (including phenoxy) is 1. The number of aliphatic hydroxyl groups excluding tert-OH is 1. The van der Waals surface area contributed by atoms with Gasteiger partial charge in [0.1, 0.15) is 17.3 Å². The van der Waals surface area contributed by atoms with Crippen LogP contribution >= 0.6 is 0 Å². The minimum Gasteiger partial charge on any atom is -0.389 e. The second kappa shape index (κ2) is 8.64. The highest BCUT2D eigenvalue weighted by Crippen LogP contribution is 2.35. The maximum atomic E-state index is 13.6. The molecule has 1 amide bonds. The number of aromatic nitrogens is 3. The van der Waals surface area contributed by atoms with Gasteiger partial charge in [0.05, 0.1) is 54.3 Å². The molecule has 1 atom stereocenters. The Morgan fingerprint density at radius 1 is 1.17 bits per heavy atom. The molecule has 0 unspecified atom stereocenters. The smallest absolute Gasteiger partial charge is 0.254 e. The van der Waals surface area contributed by atoms with E-state index in [0.29, 0.717) is 55.6 Å². The van der Waals surface area contributed by atoms with Crippen molar-refractivity contribution in [3.8, 4) is 11.3 Å². The van der Waals surface area contributed by atoms with Crippen LogP contribution in [0.1, 0.15) is 15.9 Å². The largest absolute Gasteiger partial charge is 0.389 e. The molecule has 0 radical (unpaired) electrons. The number of nitrogens with one attached hydrogen (secondary N) is 2. The first-order chi connectivity index (χ1) is 17.1. The Kier molecular flexibility index (Phi) is 5.31. The molecule has 1 fully saturated rings. The Hall–Kier alpha value is -4.02. The zero-order valence-electron chi connectivity index (χ0n) is 18.7. The third kappa shape index (κ3) is 3.96. The molecule has 0 spiro atoms. The maximum Gasteiger partial charge on any atom is 0.254 e. The van der Waals surface area contributed by atoms with Gasteiger partial charge in [-0.05, 0) is 29.8 Å². The summed E-state index contributed by atoms with van der Waals surface area (Å²) in [6.07, 6.45) is 4.52. The number of amides is 1. The van der Waals surface area contributed by atoms with Crippen LogP contribution in [0, 0.1) is 5.82 Å². The van der Waals surface area contributed by atoms with Gasteiger partial charge >= 0.3 is 0 Å². The molecule has 3 aromatic heterocycles. The number of anilines is 3. The molecule has 0 saturated carbocycles. The van der Waals surface area contributed by atoms with Gasteiger partial charge in [-0.1, -0.05) is 6.07 Å². The van der Waals surface area contributed by atoms with E-state index >= 15 is 0 Å². The van der Waals surface area contributed by atoms with Gasteiger partial charge in [0.2, 0.25) is 0 Å². The number of carbonyl (C=O) groups is 1. The Labute approximate surface area is 200 Å². The normalized spacial score (nSPS) is 17.8. The molecule has 6 rings (SSSR count). The Morgan fingerprint density at radius 3 is 2.94 bits per heavy atom. The SMILES string of the molecule is O=C1NCc2c(-c3cnc4cc(F)ccn34)ccc(Nc3ccc(N4CCOC[C@@H](O)C4)cn3)c21. The number of pyridine rings is 2. The molecule has 2 aliphatic heterocycles. The van der Waals surface area contributed by atoms with Crippen LogP contribution in [0.25, 0.3) is 16.9 Å². The van der Waals surface area contributed by atoms with Gasteiger partial charge in [0.25, 0.3) is 5.91 Å². The summed E-state index contributed by atoms with van der Waals surface area (Å²) < 4.78 is 20.8. The topological polar surface area (TPSA) is 104 Å². The lowest BCUT2D eigenvalue weighted by Gasteiger charge is -2.23. The molecule has 2 aliphatic rings. The number of hydrogen-bond acceptors (Lipinski definition) is 7. The number of imidazole rings is 1. The van der Waals surface area contributed by atoms with Crippen molar-refractivity contribution in [2.45, 2.75) is 12.6 Å². The number of nitrogens with zero attached hydrogens (tertiary/aromatic N) is 4. The van der Waals surface area contributed by atoms with Gasteiger partial charge in [0.15, 0.2) is 0 Å². The van der Waals surface area contributed by atoms with Crippen LogP contribution in [-0.2, 0) is 11.3 Å². The van der Waals surface area contributed by atoms with Crippen molar-refractivity contribution in [1.29, 1.82) is 0 Å². The number of benzene rings is 1. The molecular formula is C25H23FN6O3. The number of fused-ring (bicyclic) bond motifs is 2. The summed E-state index contributed by atoms with van der Waals surface area (Å²) >= 11 is 0. The summed E-state index contributed by atoms with van der Waals surface area (Å²) in [5.41, 5.74) is 5.08. The van der Waals surface area contributed by atoms with Crippen LogP contribution in [0.3, 0.4) is 0 Å². The van der Waals surface area contributed by atoms with Crippen molar-refractivity contribution in [3.05, 3.63) is 71.9 Å². The van der Waals surface area contributed by atoms with Crippen molar-refractivity contribution < 1.29 is 19.0 Å². The average molecular weight is 474 g/mol. The van der Waals surface area contributed by atoms with E-state index in [4.69, 9.17) is 4.74 Å². The molecule has 35 heavy (non-hydrogen) atoms. The maximum absolute atomic E-state index is 13.6. The Morgan fingerprint density at radius 2 is 2.09 bits per heavy atom. The zero-order chi connectivity index (χ0) is 23.9. The van der Waals surface area contributed by atoms with Crippen molar-refractivity contribution in [2.75, 3.05) is 36.5 Å². The van der Waals surface area contributed by atoms with E-state index in [2.05, 4.69) is 20.6 Å². The fourth-order valence-electron chi connectivity index (χ4n) is 4.66. The van der Waals surface area contributed by atoms with Crippen molar-refractivity contribution in [2.24, 2.45) is 0 Å². The third-order valence-electron chi connectivity index (χ3n) is 6.34. The highest BCUT2D eigenvalue weighted by molar-refractivity contribution is 6.06. The fourth-order valence-corrected chi connectivity index (χ4v) is 4.66. The molecule has 5 heterocycles. The van der Waals surface area contributed by atoms with Crippen LogP contribution in [-0.4, -0.2) is 57.8 Å². The molecule has 0 bridgehead atoms. The number of β-amino-alcohol motifs (C(OH)–C–C–N with tert-alkyl or cyclic N) is 1. The molecular weight excluding hydrogens is 451 g/mol. The molecule has 3 N–H and O–H groups in total. The van der Waals surface area contributed by atoms with Gasteiger partial charge in [-0.3, -0.25) is 9.20 Å². The third-order valence-corrected chi connectivity index (χ3v) is 6.34. The fraction of sp³-hybridized carbons (Fsp3) is 0.240. The standard InChI is InChI=1S/C25H23FN6O3/c26-15-5-6-32-21(12-28-23(32)9-15)18-2-3-20(24-19(18)11-29-25(24)34)30-22-4-1-16(10-27-22)31-7-8-35-14-17(33)13-31/h1-6,9-10,12,17,33H,7-8,11,13-14H2,(H,27,30)(H,29,34)/t17-/m0/s1. The van der Waals surface area contributed by atoms with Crippen LogP contribution in [0.2, 0.25) is 0 Å². The molecule has 0 aliphatic carbocycles. The zero-order valence-corrected chi connectivity index (χ0v) is 18.7. The first-order valence-electron chi connectivity index (χ1n) is 11.4. The summed E-state index contributed by atoms with van der Waals surface area (Å²) in [6.45, 7) is 2.43. The summed E-state index contributed by atoms with van der Waals surface area (Å²) in [7, 11) is 0. The first-order valence-corrected chi connectivity index (χ1v) is 11.4. The van der Waals surface area contributed by atoms with Crippen LogP contribution in [0.15, 0.2) is 55.0 Å². The minimum atomic E-state index is -0.540. The second-order valence-electron chi connectivity index (χ2n) is 8.61. The predicted molar refractivity (Wildman–Crippen MR) is 128 cm³/mol. The minimum absolute atomic E-state index is 0.167. The molecule has 1 aromatic carbocycles. The Bertz CT molecular complexity index is 1420. The lowest BCUT2D eigenvalue weighted by molar-refractivity contribution is 0.0597. The van der Waals surface area contributed by atoms with E-state index < -0.39 is 6.10 Å². The highest BCUT2D eigenvalue weighted by Gasteiger charge is 2.27. The second-order valence-corrected chi connectivity index (χ2v) is 8.61.